The lowest BCUT2D eigenvalue weighted by molar-refractivity contribution is -0.146. The van der Waals surface area contributed by atoms with Crippen LogP contribution in [0, 0.1) is 5.92 Å². The van der Waals surface area contributed by atoms with Crippen LogP contribution in [0.3, 0.4) is 0 Å². The molecule has 0 heterocycles. The van der Waals surface area contributed by atoms with Crippen molar-refractivity contribution in [2.45, 2.75) is 59.1 Å². The van der Waals surface area contributed by atoms with Gasteiger partial charge in [0.05, 0.1) is 6.61 Å². The molecule has 1 aromatic carbocycles. The molecular weight excluding hydrogens is 360 g/mol. The van der Waals surface area contributed by atoms with Crippen molar-refractivity contribution < 1.29 is 23.9 Å². The molecule has 1 aromatic rings. The highest BCUT2D eigenvalue weighted by Gasteiger charge is 2.29. The van der Waals surface area contributed by atoms with Gasteiger partial charge in [-0.15, -0.1) is 0 Å². The Bertz CT molecular complexity index is 640. The minimum absolute atomic E-state index is 0.120. The summed E-state index contributed by atoms with van der Waals surface area (Å²) in [6.07, 6.45) is 0.119. The van der Waals surface area contributed by atoms with E-state index >= 15 is 0 Å². The molecule has 0 spiro atoms. The highest BCUT2D eigenvalue weighted by atomic mass is 16.6. The van der Waals surface area contributed by atoms with Gasteiger partial charge in [-0.05, 0) is 46.1 Å². The van der Waals surface area contributed by atoms with Crippen LogP contribution in [0.1, 0.15) is 46.6 Å². The average molecular weight is 392 g/mol. The number of benzene rings is 1. The Morgan fingerprint density at radius 3 is 2.32 bits per heavy atom. The number of alkyl carbamates (subject to hydrolysis) is 1. The Hall–Kier alpha value is -2.57. The second-order valence-electron chi connectivity index (χ2n) is 7.61. The quantitative estimate of drug-likeness (QED) is 0.630. The summed E-state index contributed by atoms with van der Waals surface area (Å²) in [5.41, 5.74) is 0.440. The second kappa shape index (κ2) is 11.3. The number of esters is 1. The summed E-state index contributed by atoms with van der Waals surface area (Å²) < 4.78 is 10.2. The van der Waals surface area contributed by atoms with Crippen molar-refractivity contribution in [2.75, 3.05) is 13.2 Å². The van der Waals surface area contributed by atoms with Crippen molar-refractivity contribution in [1.82, 2.24) is 10.6 Å². The van der Waals surface area contributed by atoms with E-state index in [1.807, 2.05) is 30.3 Å². The van der Waals surface area contributed by atoms with E-state index in [1.165, 1.54) is 0 Å². The molecule has 1 rings (SSSR count). The Morgan fingerprint density at radius 2 is 1.75 bits per heavy atom. The smallest absolute Gasteiger partial charge is 0.408 e. The second-order valence-corrected chi connectivity index (χ2v) is 7.61. The Labute approximate surface area is 167 Å². The van der Waals surface area contributed by atoms with Gasteiger partial charge in [-0.3, -0.25) is 4.79 Å². The number of carbonyl (C=O) groups is 3. The average Bonchev–Trinajstić information content (AvgIpc) is 2.60. The molecule has 0 fully saturated rings. The molecule has 28 heavy (non-hydrogen) atoms. The zero-order valence-electron chi connectivity index (χ0n) is 17.4. The number of carbonyl (C=O) groups excluding carboxylic acids is 3. The van der Waals surface area contributed by atoms with Crippen LogP contribution >= 0.6 is 0 Å². The lowest BCUT2D eigenvalue weighted by Crippen LogP contribution is -2.46. The fraction of sp³-hybridized carbons (Fsp3) is 0.571. The number of ether oxygens (including phenoxy) is 2. The van der Waals surface area contributed by atoms with E-state index < -0.39 is 29.6 Å². The van der Waals surface area contributed by atoms with Crippen molar-refractivity contribution in [3.05, 3.63) is 35.9 Å². The van der Waals surface area contributed by atoms with E-state index in [2.05, 4.69) is 10.6 Å². The Kier molecular flexibility index (Phi) is 9.48. The van der Waals surface area contributed by atoms with E-state index in [9.17, 15) is 14.4 Å². The minimum Gasteiger partial charge on any atom is -0.464 e. The van der Waals surface area contributed by atoms with Gasteiger partial charge in [-0.1, -0.05) is 37.3 Å². The number of hydrogen-bond acceptors (Lipinski definition) is 5. The molecule has 0 aromatic heterocycles. The standard InChI is InChI=1S/C21H32N2O5/c1-6-27-19(25)17(23-20(26)28-21(3,4)5)14-15(2)18(24)22-13-12-16-10-8-7-9-11-16/h7-11,15,17H,6,12-14H2,1-5H3,(H,22,24)(H,23,26). The van der Waals surface area contributed by atoms with E-state index in [0.29, 0.717) is 6.54 Å². The van der Waals surface area contributed by atoms with Crippen molar-refractivity contribution in [1.29, 1.82) is 0 Å². The molecule has 0 aliphatic heterocycles. The summed E-state index contributed by atoms with van der Waals surface area (Å²) in [7, 11) is 0. The maximum absolute atomic E-state index is 12.4. The Morgan fingerprint density at radius 1 is 1.11 bits per heavy atom. The van der Waals surface area contributed by atoms with E-state index in [0.717, 1.165) is 12.0 Å². The summed E-state index contributed by atoms with van der Waals surface area (Å²) in [6.45, 7) is 9.26. The van der Waals surface area contributed by atoms with Crippen molar-refractivity contribution in [3.8, 4) is 0 Å². The first-order valence-electron chi connectivity index (χ1n) is 9.60. The molecule has 2 unspecified atom stereocenters. The maximum atomic E-state index is 12.4. The van der Waals surface area contributed by atoms with Crippen LogP contribution in [0.25, 0.3) is 0 Å². The summed E-state index contributed by atoms with van der Waals surface area (Å²) in [5.74, 6) is -1.26. The Balaban J connectivity index is 2.58. The third-order valence-electron chi connectivity index (χ3n) is 3.85. The van der Waals surface area contributed by atoms with Gasteiger partial charge >= 0.3 is 12.1 Å². The molecule has 0 aliphatic carbocycles. The fourth-order valence-electron chi connectivity index (χ4n) is 2.52. The number of nitrogens with one attached hydrogen (secondary N) is 2. The molecule has 2 atom stereocenters. The van der Waals surface area contributed by atoms with Crippen molar-refractivity contribution in [2.24, 2.45) is 5.92 Å². The molecule has 0 saturated carbocycles. The number of amides is 2. The maximum Gasteiger partial charge on any atom is 0.408 e. The van der Waals surface area contributed by atoms with Gasteiger partial charge in [-0.25, -0.2) is 9.59 Å². The summed E-state index contributed by atoms with van der Waals surface area (Å²) in [6, 6.07) is 8.88. The first-order valence-corrected chi connectivity index (χ1v) is 9.60. The molecule has 2 amide bonds. The fourth-order valence-corrected chi connectivity index (χ4v) is 2.52. The highest BCUT2D eigenvalue weighted by molar-refractivity contribution is 5.83. The summed E-state index contributed by atoms with van der Waals surface area (Å²) in [5, 5.41) is 5.37. The van der Waals surface area contributed by atoms with Gasteiger partial charge in [0.15, 0.2) is 0 Å². The van der Waals surface area contributed by atoms with E-state index in [4.69, 9.17) is 9.47 Å². The van der Waals surface area contributed by atoms with Gasteiger partial charge in [0.2, 0.25) is 5.91 Å². The van der Waals surface area contributed by atoms with Crippen LogP contribution < -0.4 is 10.6 Å². The molecule has 0 saturated heterocycles. The topological polar surface area (TPSA) is 93.7 Å². The third-order valence-corrected chi connectivity index (χ3v) is 3.85. The molecule has 156 valence electrons. The molecule has 0 aliphatic rings. The third kappa shape index (κ3) is 9.39. The first kappa shape index (κ1) is 23.5. The molecule has 7 heteroatoms. The monoisotopic (exact) mass is 392 g/mol. The van der Waals surface area contributed by atoms with Crippen LogP contribution in [0.15, 0.2) is 30.3 Å². The van der Waals surface area contributed by atoms with Gasteiger partial charge in [0.1, 0.15) is 11.6 Å². The van der Waals surface area contributed by atoms with Gasteiger partial charge in [0, 0.05) is 12.5 Å². The predicted molar refractivity (Wildman–Crippen MR) is 107 cm³/mol. The molecule has 0 bridgehead atoms. The molecule has 7 nitrogen and oxygen atoms in total. The first-order chi connectivity index (χ1) is 13.1. The van der Waals surface area contributed by atoms with Crippen LogP contribution in [0.4, 0.5) is 4.79 Å². The zero-order chi connectivity index (χ0) is 21.2. The highest BCUT2D eigenvalue weighted by Crippen LogP contribution is 2.11. The van der Waals surface area contributed by atoms with E-state index in [1.54, 1.807) is 34.6 Å². The molecule has 2 N–H and O–H groups in total. The van der Waals surface area contributed by atoms with Gasteiger partial charge < -0.3 is 20.1 Å². The normalized spacial score (nSPS) is 13.2. The van der Waals surface area contributed by atoms with Gasteiger partial charge in [-0.2, -0.15) is 0 Å². The SMILES string of the molecule is CCOC(=O)C(CC(C)C(=O)NCCc1ccccc1)NC(=O)OC(C)(C)C. The van der Waals surface area contributed by atoms with Crippen molar-refractivity contribution in [3.63, 3.8) is 0 Å². The van der Waals surface area contributed by atoms with Gasteiger partial charge in [0.25, 0.3) is 0 Å². The van der Waals surface area contributed by atoms with Crippen LogP contribution in [-0.2, 0) is 25.5 Å². The zero-order valence-corrected chi connectivity index (χ0v) is 17.4. The lowest BCUT2D eigenvalue weighted by atomic mass is 10.0. The van der Waals surface area contributed by atoms with Crippen LogP contribution in [0.5, 0.6) is 0 Å². The summed E-state index contributed by atoms with van der Waals surface area (Å²) >= 11 is 0. The number of hydrogen-bond donors (Lipinski definition) is 2. The lowest BCUT2D eigenvalue weighted by Gasteiger charge is -2.24. The summed E-state index contributed by atoms with van der Waals surface area (Å²) in [4.78, 5) is 36.6. The molecular formula is C21H32N2O5. The largest absolute Gasteiger partial charge is 0.464 e. The van der Waals surface area contributed by atoms with Crippen LogP contribution in [0.2, 0.25) is 0 Å². The van der Waals surface area contributed by atoms with Crippen LogP contribution in [-0.4, -0.2) is 42.8 Å². The number of rotatable bonds is 9. The van der Waals surface area contributed by atoms with E-state index in [-0.39, 0.29) is 18.9 Å². The van der Waals surface area contributed by atoms with Crippen molar-refractivity contribution >= 4 is 18.0 Å². The molecule has 0 radical (unpaired) electrons. The predicted octanol–water partition coefficient (Wildman–Crippen LogP) is 2.83. The minimum atomic E-state index is -0.954.